The van der Waals surface area contributed by atoms with E-state index in [0.29, 0.717) is 5.69 Å². The molecule has 0 atom stereocenters. The maximum atomic E-state index is 12.9. The molecule has 0 amide bonds. The number of anilines is 1. The third-order valence-electron chi connectivity index (χ3n) is 2.93. The first-order valence-electron chi connectivity index (χ1n) is 7.41. The number of nitrogens with zero attached hydrogens (tertiary/aromatic N) is 2. The average molecular weight is 348 g/mol. The van der Waals surface area contributed by atoms with Crippen LogP contribution in [0.25, 0.3) is 0 Å². The zero-order valence-electron chi connectivity index (χ0n) is 13.8. The second-order valence-electron chi connectivity index (χ2n) is 6.10. The van der Waals surface area contributed by atoms with Crippen LogP contribution in [0.3, 0.4) is 0 Å². The molecular formula is C17H20N2O4S. The minimum absolute atomic E-state index is 0.127. The van der Waals surface area contributed by atoms with Crippen molar-refractivity contribution in [3.05, 3.63) is 54.7 Å². The second-order valence-corrected chi connectivity index (χ2v) is 7.91. The summed E-state index contributed by atoms with van der Waals surface area (Å²) in [5.74, 6) is -0.633. The molecule has 0 spiro atoms. The van der Waals surface area contributed by atoms with Crippen molar-refractivity contribution >= 4 is 21.7 Å². The first-order chi connectivity index (χ1) is 11.2. The van der Waals surface area contributed by atoms with Crippen LogP contribution in [0.4, 0.5) is 5.69 Å². The van der Waals surface area contributed by atoms with Crippen LogP contribution in [0.1, 0.15) is 20.8 Å². The SMILES string of the molecule is CC(C)(C)OC(=O)CN(c1ccccc1)S(=O)(=O)c1ccccn1. The molecule has 0 aliphatic heterocycles. The lowest BCUT2D eigenvalue weighted by Gasteiger charge is -2.26. The topological polar surface area (TPSA) is 76.6 Å². The Morgan fingerprint density at radius 1 is 1.08 bits per heavy atom. The molecule has 0 saturated heterocycles. The number of carbonyl (C=O) groups excluding carboxylic acids is 1. The summed E-state index contributed by atoms with van der Waals surface area (Å²) in [6, 6.07) is 13.0. The minimum atomic E-state index is -3.98. The maximum absolute atomic E-state index is 12.9. The smallest absolute Gasteiger partial charge is 0.327 e. The Morgan fingerprint density at radius 2 is 1.71 bits per heavy atom. The van der Waals surface area contributed by atoms with Crippen molar-refractivity contribution in [2.45, 2.75) is 31.4 Å². The highest BCUT2D eigenvalue weighted by Gasteiger charge is 2.30. The normalized spacial score (nSPS) is 11.8. The van der Waals surface area contributed by atoms with Gasteiger partial charge in [-0.25, -0.2) is 4.98 Å². The Labute approximate surface area is 142 Å². The molecule has 0 aliphatic rings. The van der Waals surface area contributed by atoms with Gasteiger partial charge >= 0.3 is 5.97 Å². The standard InChI is InChI=1S/C17H20N2O4S/c1-17(2,3)23-16(20)13-19(14-9-5-4-6-10-14)24(21,22)15-11-7-8-12-18-15/h4-12H,13H2,1-3H3. The zero-order chi connectivity index (χ0) is 17.8. The number of pyridine rings is 1. The second kappa shape index (κ2) is 7.00. The van der Waals surface area contributed by atoms with E-state index in [0.717, 1.165) is 4.31 Å². The van der Waals surface area contributed by atoms with Gasteiger partial charge in [0.2, 0.25) is 0 Å². The van der Waals surface area contributed by atoms with Gasteiger partial charge in [0.1, 0.15) is 12.1 Å². The number of sulfonamides is 1. The maximum Gasteiger partial charge on any atom is 0.327 e. The molecule has 1 heterocycles. The monoisotopic (exact) mass is 348 g/mol. The molecule has 2 aromatic rings. The van der Waals surface area contributed by atoms with Crippen LogP contribution in [0.5, 0.6) is 0 Å². The lowest BCUT2D eigenvalue weighted by molar-refractivity contribution is -0.152. The molecule has 0 aliphatic carbocycles. The van der Waals surface area contributed by atoms with Crippen molar-refractivity contribution in [2.24, 2.45) is 0 Å². The first-order valence-corrected chi connectivity index (χ1v) is 8.85. The van der Waals surface area contributed by atoms with Gasteiger partial charge in [0.15, 0.2) is 5.03 Å². The highest BCUT2D eigenvalue weighted by atomic mass is 32.2. The Morgan fingerprint density at radius 3 is 2.25 bits per heavy atom. The highest BCUT2D eigenvalue weighted by molar-refractivity contribution is 7.92. The summed E-state index contributed by atoms with van der Waals surface area (Å²) < 4.78 is 32.0. The van der Waals surface area contributed by atoms with Gasteiger partial charge < -0.3 is 4.74 Å². The van der Waals surface area contributed by atoms with Gasteiger partial charge in [-0.3, -0.25) is 9.10 Å². The van der Waals surface area contributed by atoms with Gasteiger partial charge in [-0.15, -0.1) is 0 Å². The van der Waals surface area contributed by atoms with Crippen LogP contribution in [-0.4, -0.2) is 31.5 Å². The zero-order valence-corrected chi connectivity index (χ0v) is 14.7. The van der Waals surface area contributed by atoms with Gasteiger partial charge in [0, 0.05) is 6.20 Å². The number of benzene rings is 1. The predicted octanol–water partition coefficient (Wildman–Crippen LogP) is 2.62. The molecule has 128 valence electrons. The van der Waals surface area contributed by atoms with Gasteiger partial charge in [0.25, 0.3) is 10.0 Å². The van der Waals surface area contributed by atoms with Gasteiger partial charge in [-0.2, -0.15) is 8.42 Å². The van der Waals surface area contributed by atoms with Crippen molar-refractivity contribution < 1.29 is 17.9 Å². The number of para-hydroxylation sites is 1. The molecule has 0 fully saturated rings. The molecule has 0 N–H and O–H groups in total. The van der Waals surface area contributed by atoms with E-state index in [1.54, 1.807) is 63.2 Å². The molecule has 2 rings (SSSR count). The predicted molar refractivity (Wildman–Crippen MR) is 91.1 cm³/mol. The fourth-order valence-electron chi connectivity index (χ4n) is 2.01. The molecule has 0 bridgehead atoms. The third-order valence-corrected chi connectivity index (χ3v) is 4.62. The number of hydrogen-bond acceptors (Lipinski definition) is 5. The Balaban J connectivity index is 2.39. The largest absolute Gasteiger partial charge is 0.459 e. The van der Waals surface area contributed by atoms with Gasteiger partial charge in [-0.05, 0) is 45.0 Å². The molecule has 1 aromatic carbocycles. The summed E-state index contributed by atoms with van der Waals surface area (Å²) in [4.78, 5) is 16.1. The summed E-state index contributed by atoms with van der Waals surface area (Å²) in [5, 5.41) is -0.127. The van der Waals surface area contributed by atoms with E-state index >= 15 is 0 Å². The van der Waals surface area contributed by atoms with Crippen LogP contribution in [0, 0.1) is 0 Å². The number of carbonyl (C=O) groups is 1. The fraction of sp³-hybridized carbons (Fsp3) is 0.294. The molecule has 6 nitrogen and oxygen atoms in total. The number of ether oxygens (including phenoxy) is 1. The lowest BCUT2D eigenvalue weighted by Crippen LogP contribution is -2.39. The van der Waals surface area contributed by atoms with Crippen molar-refractivity contribution in [3.8, 4) is 0 Å². The number of aromatic nitrogens is 1. The summed E-state index contributed by atoms with van der Waals surface area (Å²) in [6.07, 6.45) is 1.39. The van der Waals surface area contributed by atoms with E-state index < -0.39 is 28.1 Å². The quantitative estimate of drug-likeness (QED) is 0.776. The Bertz CT molecular complexity index is 784. The molecule has 0 saturated carbocycles. The molecule has 7 heteroatoms. The van der Waals surface area contributed by atoms with Crippen LogP contribution in [0.2, 0.25) is 0 Å². The van der Waals surface area contributed by atoms with E-state index in [-0.39, 0.29) is 5.03 Å². The molecule has 0 radical (unpaired) electrons. The molecule has 1 aromatic heterocycles. The fourth-order valence-corrected chi connectivity index (χ4v) is 3.36. The van der Waals surface area contributed by atoms with Gasteiger partial charge in [0.05, 0.1) is 5.69 Å². The van der Waals surface area contributed by atoms with E-state index in [2.05, 4.69) is 4.98 Å². The number of rotatable bonds is 5. The van der Waals surface area contributed by atoms with Crippen molar-refractivity contribution in [2.75, 3.05) is 10.8 Å². The van der Waals surface area contributed by atoms with Crippen molar-refractivity contribution in [1.82, 2.24) is 4.98 Å². The van der Waals surface area contributed by atoms with Crippen LogP contribution in [-0.2, 0) is 19.6 Å². The van der Waals surface area contributed by atoms with E-state index in [4.69, 9.17) is 4.74 Å². The molecule has 24 heavy (non-hydrogen) atoms. The average Bonchev–Trinajstić information content (AvgIpc) is 2.52. The summed E-state index contributed by atoms with van der Waals surface area (Å²) in [6.45, 7) is 4.75. The van der Waals surface area contributed by atoms with Crippen molar-refractivity contribution in [3.63, 3.8) is 0 Å². The lowest BCUT2D eigenvalue weighted by atomic mass is 10.2. The Kier molecular flexibility index (Phi) is 5.23. The summed E-state index contributed by atoms with van der Waals surface area (Å²) in [7, 11) is -3.98. The van der Waals surface area contributed by atoms with Crippen LogP contribution in [0.15, 0.2) is 59.8 Å². The van der Waals surface area contributed by atoms with E-state index in [1.807, 2.05) is 0 Å². The van der Waals surface area contributed by atoms with Crippen LogP contribution >= 0.6 is 0 Å². The molecule has 0 unspecified atom stereocenters. The first kappa shape index (κ1) is 17.9. The van der Waals surface area contributed by atoms with Gasteiger partial charge in [-0.1, -0.05) is 24.3 Å². The van der Waals surface area contributed by atoms with E-state index in [9.17, 15) is 13.2 Å². The number of esters is 1. The van der Waals surface area contributed by atoms with E-state index in [1.165, 1.54) is 12.3 Å². The van der Waals surface area contributed by atoms with Crippen molar-refractivity contribution in [1.29, 1.82) is 0 Å². The summed E-state index contributed by atoms with van der Waals surface area (Å²) in [5.41, 5.74) is -0.331. The van der Waals surface area contributed by atoms with Crippen LogP contribution < -0.4 is 4.31 Å². The minimum Gasteiger partial charge on any atom is -0.459 e. The highest BCUT2D eigenvalue weighted by Crippen LogP contribution is 2.22. The third kappa shape index (κ3) is 4.55. The molecular weight excluding hydrogens is 328 g/mol. The summed E-state index contributed by atoms with van der Waals surface area (Å²) >= 11 is 0. The Hall–Kier alpha value is -2.41. The number of hydrogen-bond donors (Lipinski definition) is 0.